The summed E-state index contributed by atoms with van der Waals surface area (Å²) in [7, 11) is 0. The van der Waals surface area contributed by atoms with Gasteiger partial charge in [-0.15, -0.1) is 0 Å². The first-order valence-corrected chi connectivity index (χ1v) is 6.07. The first-order valence-electron chi connectivity index (χ1n) is 4.87. The van der Waals surface area contributed by atoms with Gasteiger partial charge in [0.05, 0.1) is 5.52 Å². The highest BCUT2D eigenvalue weighted by atomic mass is 79.9. The van der Waals surface area contributed by atoms with Gasteiger partial charge >= 0.3 is 0 Å². The zero-order valence-electron chi connectivity index (χ0n) is 8.25. The number of hydrogen-bond donors (Lipinski definition) is 1. The zero-order valence-corrected chi connectivity index (χ0v) is 10.7. The fourth-order valence-corrected chi connectivity index (χ4v) is 2.62. The molecule has 0 amide bonds. The third-order valence-corrected chi connectivity index (χ3v) is 3.72. The minimum atomic E-state index is 0.191. The van der Waals surface area contributed by atoms with Gasteiger partial charge in [0.2, 0.25) is 0 Å². The number of imidazole rings is 1. The SMILES string of the molecule is CC1(n2c(=S)[nH]c3cc(Br)cnc32)CC1. The summed E-state index contributed by atoms with van der Waals surface area (Å²) in [5.41, 5.74) is 2.15. The third kappa shape index (κ3) is 1.37. The lowest BCUT2D eigenvalue weighted by atomic mass is 10.3. The van der Waals surface area contributed by atoms with Crippen LogP contribution in [0.1, 0.15) is 19.8 Å². The van der Waals surface area contributed by atoms with Gasteiger partial charge in [-0.3, -0.25) is 4.57 Å². The quantitative estimate of drug-likeness (QED) is 0.815. The van der Waals surface area contributed by atoms with Crippen LogP contribution in [0.15, 0.2) is 16.7 Å². The summed E-state index contributed by atoms with van der Waals surface area (Å²) in [5.74, 6) is 0. The standard InChI is InChI=1S/C10H10BrN3S/c1-10(2-3-10)14-8-7(13-9(14)15)4-6(11)5-12-8/h4-5H,2-3H2,1H3,(H,13,15). The van der Waals surface area contributed by atoms with Crippen LogP contribution < -0.4 is 0 Å². The number of halogens is 1. The molecule has 1 fully saturated rings. The van der Waals surface area contributed by atoms with E-state index in [0.29, 0.717) is 0 Å². The van der Waals surface area contributed by atoms with E-state index in [1.54, 1.807) is 0 Å². The number of pyridine rings is 1. The Balaban J connectivity index is 2.38. The first kappa shape index (κ1) is 9.54. The number of nitrogens with zero attached hydrogens (tertiary/aromatic N) is 2. The average Bonchev–Trinajstić information content (AvgIpc) is 2.79. The Morgan fingerprint density at radius 3 is 3.00 bits per heavy atom. The van der Waals surface area contributed by atoms with Gasteiger partial charge in [0.15, 0.2) is 10.4 Å². The summed E-state index contributed by atoms with van der Waals surface area (Å²) in [6.45, 7) is 2.22. The molecular formula is C10H10BrN3S. The fourth-order valence-electron chi connectivity index (χ4n) is 1.87. The van der Waals surface area contributed by atoms with E-state index in [1.807, 2.05) is 12.3 Å². The predicted molar refractivity (Wildman–Crippen MR) is 65.5 cm³/mol. The first-order chi connectivity index (χ1) is 7.10. The molecule has 78 valence electrons. The highest BCUT2D eigenvalue weighted by molar-refractivity contribution is 9.10. The molecule has 0 saturated heterocycles. The second-order valence-electron chi connectivity index (χ2n) is 4.29. The summed E-state index contributed by atoms with van der Waals surface area (Å²) < 4.78 is 3.89. The molecule has 2 heterocycles. The van der Waals surface area contributed by atoms with E-state index in [0.717, 1.165) is 20.4 Å². The molecule has 0 unspecified atom stereocenters. The average molecular weight is 284 g/mol. The maximum absolute atomic E-state index is 5.34. The van der Waals surface area contributed by atoms with Gasteiger partial charge in [-0.25, -0.2) is 4.98 Å². The molecule has 3 nitrogen and oxygen atoms in total. The minimum Gasteiger partial charge on any atom is -0.329 e. The van der Waals surface area contributed by atoms with Crippen molar-refractivity contribution in [2.45, 2.75) is 25.3 Å². The van der Waals surface area contributed by atoms with Gasteiger partial charge in [0.25, 0.3) is 0 Å². The van der Waals surface area contributed by atoms with Gasteiger partial charge in [-0.1, -0.05) is 0 Å². The number of hydrogen-bond acceptors (Lipinski definition) is 2. The maximum Gasteiger partial charge on any atom is 0.179 e. The van der Waals surface area contributed by atoms with E-state index in [1.165, 1.54) is 12.8 Å². The number of nitrogens with one attached hydrogen (secondary N) is 1. The molecule has 2 aromatic rings. The van der Waals surface area contributed by atoms with Crippen molar-refractivity contribution in [2.24, 2.45) is 0 Å². The van der Waals surface area contributed by atoms with E-state index < -0.39 is 0 Å². The summed E-state index contributed by atoms with van der Waals surface area (Å²) in [6, 6.07) is 2.01. The summed E-state index contributed by atoms with van der Waals surface area (Å²) in [6.07, 6.45) is 4.19. The summed E-state index contributed by atoms with van der Waals surface area (Å²) in [4.78, 5) is 7.63. The van der Waals surface area contributed by atoms with Crippen molar-refractivity contribution in [3.63, 3.8) is 0 Å². The van der Waals surface area contributed by atoms with Crippen LogP contribution in [-0.4, -0.2) is 14.5 Å². The van der Waals surface area contributed by atoms with E-state index in [2.05, 4.69) is 37.4 Å². The number of aromatic amines is 1. The van der Waals surface area contributed by atoms with Gasteiger partial charge in [-0.2, -0.15) is 0 Å². The molecule has 5 heteroatoms. The smallest absolute Gasteiger partial charge is 0.179 e. The van der Waals surface area contributed by atoms with Crippen molar-refractivity contribution < 1.29 is 0 Å². The Bertz CT molecular complexity index is 594. The van der Waals surface area contributed by atoms with Crippen LogP contribution in [0.3, 0.4) is 0 Å². The normalized spacial score (nSPS) is 18.3. The Morgan fingerprint density at radius 2 is 2.33 bits per heavy atom. The molecule has 0 aliphatic heterocycles. The molecule has 15 heavy (non-hydrogen) atoms. The van der Waals surface area contributed by atoms with Crippen molar-refractivity contribution in [3.8, 4) is 0 Å². The van der Waals surface area contributed by atoms with E-state index in [9.17, 15) is 0 Å². The lowest BCUT2D eigenvalue weighted by Gasteiger charge is -2.10. The molecule has 0 bridgehead atoms. The largest absolute Gasteiger partial charge is 0.329 e. The van der Waals surface area contributed by atoms with Crippen molar-refractivity contribution in [2.75, 3.05) is 0 Å². The molecule has 1 aliphatic rings. The topological polar surface area (TPSA) is 33.6 Å². The van der Waals surface area contributed by atoms with Crippen molar-refractivity contribution in [1.29, 1.82) is 0 Å². The van der Waals surface area contributed by atoms with Gasteiger partial charge < -0.3 is 4.98 Å². The van der Waals surface area contributed by atoms with Crippen molar-refractivity contribution in [3.05, 3.63) is 21.5 Å². The number of H-pyrrole nitrogens is 1. The van der Waals surface area contributed by atoms with Crippen molar-refractivity contribution >= 4 is 39.3 Å². The van der Waals surface area contributed by atoms with Crippen LogP contribution in [0.4, 0.5) is 0 Å². The maximum atomic E-state index is 5.34. The summed E-state index contributed by atoms with van der Waals surface area (Å²) in [5, 5.41) is 0. The number of fused-ring (bicyclic) bond motifs is 1. The van der Waals surface area contributed by atoms with Gasteiger partial charge in [-0.05, 0) is 54.0 Å². The van der Waals surface area contributed by atoms with Gasteiger partial charge in [0, 0.05) is 16.2 Å². The molecule has 0 radical (unpaired) electrons. The van der Waals surface area contributed by atoms with Crippen LogP contribution >= 0.6 is 28.1 Å². The van der Waals surface area contributed by atoms with Crippen molar-refractivity contribution in [1.82, 2.24) is 14.5 Å². The molecular weight excluding hydrogens is 274 g/mol. The third-order valence-electron chi connectivity index (χ3n) is 3.00. The highest BCUT2D eigenvalue weighted by Gasteiger charge is 2.41. The Morgan fingerprint density at radius 1 is 1.60 bits per heavy atom. The van der Waals surface area contributed by atoms with E-state index in [4.69, 9.17) is 12.2 Å². The van der Waals surface area contributed by atoms with E-state index in [-0.39, 0.29) is 5.54 Å². The van der Waals surface area contributed by atoms with Crippen LogP contribution in [0, 0.1) is 4.77 Å². The van der Waals surface area contributed by atoms with Gasteiger partial charge in [0.1, 0.15) is 0 Å². The molecule has 2 aromatic heterocycles. The number of rotatable bonds is 1. The van der Waals surface area contributed by atoms with E-state index >= 15 is 0 Å². The molecule has 1 saturated carbocycles. The predicted octanol–water partition coefficient (Wildman–Crippen LogP) is 3.37. The molecule has 3 rings (SSSR count). The molecule has 1 N–H and O–H groups in total. The van der Waals surface area contributed by atoms with Crippen LogP contribution in [0.2, 0.25) is 0 Å². The van der Waals surface area contributed by atoms with Crippen LogP contribution in [0.5, 0.6) is 0 Å². The Labute approximate surface area is 101 Å². The summed E-state index contributed by atoms with van der Waals surface area (Å²) >= 11 is 8.74. The number of aromatic nitrogens is 3. The molecule has 0 atom stereocenters. The lowest BCUT2D eigenvalue weighted by Crippen LogP contribution is -2.12. The Hall–Kier alpha value is -0.680. The molecule has 0 aromatic carbocycles. The van der Waals surface area contributed by atoms with Crippen LogP contribution in [-0.2, 0) is 5.54 Å². The lowest BCUT2D eigenvalue weighted by molar-refractivity contribution is 0.537. The molecule has 1 aliphatic carbocycles. The second kappa shape index (κ2) is 2.92. The monoisotopic (exact) mass is 283 g/mol. The fraction of sp³-hybridized carbons (Fsp3) is 0.400. The van der Waals surface area contributed by atoms with Crippen LogP contribution in [0.25, 0.3) is 11.2 Å². The highest BCUT2D eigenvalue weighted by Crippen LogP contribution is 2.44. The zero-order chi connectivity index (χ0) is 10.6. The second-order valence-corrected chi connectivity index (χ2v) is 5.59. The Kier molecular flexibility index (Phi) is 1.86. The molecule has 0 spiro atoms. The minimum absolute atomic E-state index is 0.191.